The number of carbonyl (C=O) groups is 2. The van der Waals surface area contributed by atoms with E-state index < -0.39 is 5.41 Å². The summed E-state index contributed by atoms with van der Waals surface area (Å²) in [6.07, 6.45) is 3.11. The van der Waals surface area contributed by atoms with Crippen LogP contribution in [0.15, 0.2) is 30.3 Å². The number of rotatable bonds is 3. The summed E-state index contributed by atoms with van der Waals surface area (Å²) in [6, 6.07) is 10.3. The van der Waals surface area contributed by atoms with E-state index in [0.29, 0.717) is 4.88 Å². The Balaban J connectivity index is 1.74. The van der Waals surface area contributed by atoms with E-state index in [4.69, 9.17) is 0 Å². The van der Waals surface area contributed by atoms with E-state index >= 15 is 0 Å². The SMILES string of the molecule is Cc1cc(NC(=O)C(C)(C)C)sc1C(=O)NC1CCCc2ccccc21. The van der Waals surface area contributed by atoms with Crippen molar-refractivity contribution in [2.75, 3.05) is 5.32 Å². The lowest BCUT2D eigenvalue weighted by atomic mass is 9.88. The van der Waals surface area contributed by atoms with Crippen molar-refractivity contribution in [2.45, 2.75) is 53.0 Å². The zero-order chi connectivity index (χ0) is 18.9. The Morgan fingerprint density at radius 3 is 2.65 bits per heavy atom. The van der Waals surface area contributed by atoms with Crippen molar-refractivity contribution in [3.8, 4) is 0 Å². The van der Waals surface area contributed by atoms with Gasteiger partial charge in [0.15, 0.2) is 0 Å². The van der Waals surface area contributed by atoms with Gasteiger partial charge in [-0.1, -0.05) is 45.0 Å². The quantitative estimate of drug-likeness (QED) is 0.811. The summed E-state index contributed by atoms with van der Waals surface area (Å²) in [5.41, 5.74) is 2.97. The van der Waals surface area contributed by atoms with Crippen LogP contribution in [-0.2, 0) is 11.2 Å². The molecule has 26 heavy (non-hydrogen) atoms. The van der Waals surface area contributed by atoms with Crippen molar-refractivity contribution in [3.63, 3.8) is 0 Å². The molecule has 1 aliphatic carbocycles. The molecule has 5 heteroatoms. The second-order valence-corrected chi connectivity index (χ2v) is 9.00. The molecular weight excluding hydrogens is 344 g/mol. The van der Waals surface area contributed by atoms with Crippen LogP contribution < -0.4 is 10.6 Å². The maximum atomic E-state index is 12.8. The highest BCUT2D eigenvalue weighted by Crippen LogP contribution is 2.32. The standard InChI is InChI=1S/C21H26N2O2S/c1-13-12-17(23-20(25)21(2,3)4)26-18(13)19(24)22-16-11-7-9-14-8-5-6-10-15(14)16/h5-6,8,10,12,16H,7,9,11H2,1-4H3,(H,22,24)(H,23,25). The van der Waals surface area contributed by atoms with Crippen LogP contribution in [0.25, 0.3) is 0 Å². The van der Waals surface area contributed by atoms with Crippen LogP contribution in [-0.4, -0.2) is 11.8 Å². The number of anilines is 1. The molecule has 1 aliphatic rings. The van der Waals surface area contributed by atoms with E-state index in [9.17, 15) is 9.59 Å². The molecule has 1 unspecified atom stereocenters. The van der Waals surface area contributed by atoms with E-state index in [-0.39, 0.29) is 17.9 Å². The average Bonchev–Trinajstić information content (AvgIpc) is 2.95. The van der Waals surface area contributed by atoms with Crippen LogP contribution in [0.1, 0.15) is 66.0 Å². The molecule has 0 fully saturated rings. The molecule has 2 aromatic rings. The van der Waals surface area contributed by atoms with E-state index in [1.807, 2.05) is 39.8 Å². The van der Waals surface area contributed by atoms with Gasteiger partial charge in [0.1, 0.15) is 0 Å². The van der Waals surface area contributed by atoms with Gasteiger partial charge in [-0.3, -0.25) is 9.59 Å². The number of hydrogen-bond acceptors (Lipinski definition) is 3. The first kappa shape index (κ1) is 18.6. The molecule has 0 spiro atoms. The van der Waals surface area contributed by atoms with E-state index in [1.165, 1.54) is 22.5 Å². The first-order valence-corrected chi connectivity index (χ1v) is 9.88. The minimum absolute atomic E-state index is 0.0492. The number of aryl methyl sites for hydroxylation is 2. The minimum atomic E-state index is -0.466. The average molecular weight is 371 g/mol. The lowest BCUT2D eigenvalue weighted by molar-refractivity contribution is -0.123. The van der Waals surface area contributed by atoms with Gasteiger partial charge in [0.05, 0.1) is 15.9 Å². The monoisotopic (exact) mass is 370 g/mol. The number of nitrogens with one attached hydrogen (secondary N) is 2. The number of carbonyl (C=O) groups excluding carboxylic acids is 2. The molecule has 0 radical (unpaired) electrons. The van der Waals surface area contributed by atoms with Crippen molar-refractivity contribution in [1.29, 1.82) is 0 Å². The predicted molar refractivity (Wildman–Crippen MR) is 107 cm³/mol. The zero-order valence-electron chi connectivity index (χ0n) is 15.8. The van der Waals surface area contributed by atoms with Gasteiger partial charge in [-0.25, -0.2) is 0 Å². The van der Waals surface area contributed by atoms with Crippen LogP contribution >= 0.6 is 11.3 Å². The summed E-state index contributed by atoms with van der Waals surface area (Å²) in [5, 5.41) is 6.82. The molecule has 2 amide bonds. The van der Waals surface area contributed by atoms with Gasteiger partial charge in [0, 0.05) is 5.41 Å². The van der Waals surface area contributed by atoms with Crippen LogP contribution in [0.2, 0.25) is 0 Å². The second-order valence-electron chi connectivity index (χ2n) is 7.94. The summed E-state index contributed by atoms with van der Waals surface area (Å²) < 4.78 is 0. The molecule has 4 nitrogen and oxygen atoms in total. The van der Waals surface area contributed by atoms with Crippen molar-refractivity contribution >= 4 is 28.2 Å². The van der Waals surface area contributed by atoms with Gasteiger partial charge < -0.3 is 10.6 Å². The number of thiophene rings is 1. The molecule has 138 valence electrons. The lowest BCUT2D eigenvalue weighted by Gasteiger charge is -2.26. The van der Waals surface area contributed by atoms with E-state index in [2.05, 4.69) is 28.8 Å². The first-order chi connectivity index (χ1) is 12.3. The fraction of sp³-hybridized carbons (Fsp3) is 0.429. The van der Waals surface area contributed by atoms with Crippen LogP contribution in [0.4, 0.5) is 5.00 Å². The number of fused-ring (bicyclic) bond motifs is 1. The molecule has 1 aromatic heterocycles. The molecule has 3 rings (SSSR count). The third-order valence-corrected chi connectivity index (χ3v) is 5.87. The normalized spacial score (nSPS) is 16.7. The summed E-state index contributed by atoms with van der Waals surface area (Å²) >= 11 is 1.34. The predicted octanol–water partition coefficient (Wildman–Crippen LogP) is 4.85. The Labute approximate surface area is 159 Å². The third kappa shape index (κ3) is 3.98. The van der Waals surface area contributed by atoms with Crippen LogP contribution in [0.5, 0.6) is 0 Å². The summed E-state index contributed by atoms with van der Waals surface area (Å²) in [6.45, 7) is 7.53. The maximum absolute atomic E-state index is 12.8. The number of benzene rings is 1. The Kier molecular flexibility index (Phi) is 5.19. The summed E-state index contributed by atoms with van der Waals surface area (Å²) in [7, 11) is 0. The first-order valence-electron chi connectivity index (χ1n) is 9.06. The van der Waals surface area contributed by atoms with Crippen molar-refractivity contribution in [2.24, 2.45) is 5.41 Å². The lowest BCUT2D eigenvalue weighted by Crippen LogP contribution is -2.30. The maximum Gasteiger partial charge on any atom is 0.262 e. The van der Waals surface area contributed by atoms with Gasteiger partial charge in [0.25, 0.3) is 5.91 Å². The largest absolute Gasteiger partial charge is 0.345 e. The minimum Gasteiger partial charge on any atom is -0.345 e. The van der Waals surface area contributed by atoms with Gasteiger partial charge >= 0.3 is 0 Å². The smallest absolute Gasteiger partial charge is 0.262 e. The van der Waals surface area contributed by atoms with Gasteiger partial charge in [-0.15, -0.1) is 11.3 Å². The molecule has 0 aliphatic heterocycles. The highest BCUT2D eigenvalue weighted by Gasteiger charge is 2.25. The van der Waals surface area contributed by atoms with Gasteiger partial charge in [-0.05, 0) is 48.9 Å². The third-order valence-electron chi connectivity index (χ3n) is 4.72. The zero-order valence-corrected chi connectivity index (χ0v) is 16.6. The Hall–Kier alpha value is -2.14. The van der Waals surface area contributed by atoms with Crippen LogP contribution in [0.3, 0.4) is 0 Å². The van der Waals surface area contributed by atoms with Crippen molar-refractivity contribution in [3.05, 3.63) is 51.9 Å². The molecule has 1 aromatic carbocycles. The molecular formula is C21H26N2O2S. The second kappa shape index (κ2) is 7.23. The Morgan fingerprint density at radius 1 is 1.19 bits per heavy atom. The molecule has 0 saturated carbocycles. The highest BCUT2D eigenvalue weighted by molar-refractivity contribution is 7.18. The fourth-order valence-electron chi connectivity index (χ4n) is 3.20. The Morgan fingerprint density at radius 2 is 1.92 bits per heavy atom. The van der Waals surface area contributed by atoms with Crippen molar-refractivity contribution < 1.29 is 9.59 Å². The Bertz CT molecular complexity index is 833. The summed E-state index contributed by atoms with van der Waals surface area (Å²) in [5.74, 6) is -0.114. The van der Waals surface area contributed by atoms with Gasteiger partial charge in [-0.2, -0.15) is 0 Å². The van der Waals surface area contributed by atoms with Crippen molar-refractivity contribution in [1.82, 2.24) is 5.32 Å². The van der Waals surface area contributed by atoms with Gasteiger partial charge in [0.2, 0.25) is 5.91 Å². The molecule has 1 atom stereocenters. The van der Waals surface area contributed by atoms with E-state index in [1.54, 1.807) is 0 Å². The molecule has 1 heterocycles. The summed E-state index contributed by atoms with van der Waals surface area (Å²) in [4.78, 5) is 25.7. The highest BCUT2D eigenvalue weighted by atomic mass is 32.1. The van der Waals surface area contributed by atoms with E-state index in [0.717, 1.165) is 29.8 Å². The number of amides is 2. The topological polar surface area (TPSA) is 58.2 Å². The molecule has 0 bridgehead atoms. The molecule has 0 saturated heterocycles. The fourth-order valence-corrected chi connectivity index (χ4v) is 4.17. The number of hydrogen-bond donors (Lipinski definition) is 2. The molecule has 2 N–H and O–H groups in total. The van der Waals surface area contributed by atoms with Crippen LogP contribution in [0, 0.1) is 12.3 Å².